The summed E-state index contributed by atoms with van der Waals surface area (Å²) in [6, 6.07) is 15.7. The maximum absolute atomic E-state index is 12.8. The summed E-state index contributed by atoms with van der Waals surface area (Å²) >= 11 is 20.3. The van der Waals surface area contributed by atoms with Gasteiger partial charge in [0.2, 0.25) is 0 Å². The molecule has 0 fully saturated rings. The lowest BCUT2D eigenvalue weighted by Gasteiger charge is -2.12. The van der Waals surface area contributed by atoms with E-state index in [4.69, 9.17) is 32.7 Å². The molecule has 11 heteroatoms. The Morgan fingerprint density at radius 2 is 1.73 bits per heavy atom. The molecule has 0 saturated carbocycles. The summed E-state index contributed by atoms with van der Waals surface area (Å²) in [5, 5.41) is 12.1. The Bertz CT molecular complexity index is 1560. The molecule has 0 radical (unpaired) electrons. The van der Waals surface area contributed by atoms with Crippen LogP contribution in [0.4, 0.5) is 0 Å². The highest BCUT2D eigenvalue weighted by molar-refractivity contribution is 9.11. The average Bonchev–Trinajstić information content (AvgIpc) is 3.19. The maximum atomic E-state index is 12.8. The third-order valence-corrected chi connectivity index (χ3v) is 8.36. The zero-order valence-corrected chi connectivity index (χ0v) is 26.6. The minimum atomic E-state index is -0.765. The fourth-order valence-corrected chi connectivity index (χ4v) is 6.51. The van der Waals surface area contributed by atoms with E-state index in [9.17, 15) is 14.7 Å². The smallest absolute Gasteiger partial charge is 0.344 e. The van der Waals surface area contributed by atoms with E-state index in [0.717, 1.165) is 22.9 Å². The third-order valence-electron chi connectivity index (χ3n) is 5.58. The largest absolute Gasteiger partial charge is 0.506 e. The van der Waals surface area contributed by atoms with Crippen LogP contribution in [0.2, 0.25) is 10.0 Å². The summed E-state index contributed by atoms with van der Waals surface area (Å²) < 4.78 is 12.4. The van der Waals surface area contributed by atoms with Gasteiger partial charge in [0.05, 0.1) is 20.5 Å². The van der Waals surface area contributed by atoms with Crippen LogP contribution in [-0.2, 0) is 16.1 Å². The van der Waals surface area contributed by atoms with E-state index >= 15 is 0 Å². The number of carbonyl (C=O) groups excluding carboxylic acids is 2. The van der Waals surface area contributed by atoms with E-state index in [1.54, 1.807) is 67.6 Å². The van der Waals surface area contributed by atoms with Gasteiger partial charge in [0, 0.05) is 21.2 Å². The second-order valence-corrected chi connectivity index (χ2v) is 12.1. The van der Waals surface area contributed by atoms with E-state index < -0.39 is 11.9 Å². The molecule has 206 valence electrons. The lowest BCUT2D eigenvalue weighted by atomic mass is 10.1. The van der Waals surface area contributed by atoms with Crippen LogP contribution in [0.25, 0.3) is 6.08 Å². The highest BCUT2D eigenvalue weighted by Gasteiger charge is 2.34. The maximum Gasteiger partial charge on any atom is 0.344 e. The molecule has 0 unspecified atom stereocenters. The first-order valence-electron chi connectivity index (χ1n) is 11.8. The van der Waals surface area contributed by atoms with Gasteiger partial charge in [-0.3, -0.25) is 4.79 Å². The Hall–Kier alpha value is -2.56. The number of amides is 1. The van der Waals surface area contributed by atoms with Crippen LogP contribution in [0.5, 0.6) is 5.75 Å². The van der Waals surface area contributed by atoms with Gasteiger partial charge in [0.25, 0.3) is 5.91 Å². The van der Waals surface area contributed by atoms with Gasteiger partial charge in [-0.15, -0.1) is 0 Å². The van der Waals surface area contributed by atoms with Crippen molar-refractivity contribution in [3.05, 3.63) is 112 Å². The van der Waals surface area contributed by atoms with E-state index in [-0.39, 0.29) is 29.6 Å². The van der Waals surface area contributed by atoms with Gasteiger partial charge >= 0.3 is 5.97 Å². The molecular formula is C29H21Br2Cl2NO5S. The van der Waals surface area contributed by atoms with Gasteiger partial charge in [0.1, 0.15) is 28.7 Å². The fourth-order valence-electron chi connectivity index (χ4n) is 3.59. The summed E-state index contributed by atoms with van der Waals surface area (Å²) in [7, 11) is 0. The number of hydrogen-bond donors (Lipinski definition) is 1. The lowest BCUT2D eigenvalue weighted by molar-refractivity contribution is -0.138. The molecule has 1 aliphatic heterocycles. The van der Waals surface area contributed by atoms with Crippen LogP contribution in [0.3, 0.4) is 0 Å². The standard InChI is InChI=1S/C29H21Br2Cl2NO5S/c1-3-38-29(37)24-25(35)23(40-28(24)34-27(36)17-6-4-15(2)5-7-17)12-16-10-20(30)26(21(31)11-16)39-14-18-8-9-19(32)13-22(18)33/h4-13,35H,3,14H2,1-2H3/b23-12-,34-28?. The molecule has 0 spiro atoms. The first-order chi connectivity index (χ1) is 19.1. The molecule has 6 nitrogen and oxygen atoms in total. The normalized spacial score (nSPS) is 15.2. The van der Waals surface area contributed by atoms with Gasteiger partial charge in [0.15, 0.2) is 0 Å². The predicted molar refractivity (Wildman–Crippen MR) is 167 cm³/mol. The minimum Gasteiger partial charge on any atom is -0.506 e. The summed E-state index contributed by atoms with van der Waals surface area (Å²) in [6.45, 7) is 3.88. The van der Waals surface area contributed by atoms with Crippen LogP contribution in [0.15, 0.2) is 84.8 Å². The van der Waals surface area contributed by atoms with Crippen LogP contribution in [0.1, 0.15) is 34.0 Å². The van der Waals surface area contributed by atoms with Crippen molar-refractivity contribution in [1.29, 1.82) is 0 Å². The zero-order chi connectivity index (χ0) is 29.0. The second kappa shape index (κ2) is 13.4. The fraction of sp³-hybridized carbons (Fsp3) is 0.138. The van der Waals surface area contributed by atoms with E-state index in [1.165, 1.54) is 0 Å². The molecule has 1 amide bonds. The van der Waals surface area contributed by atoms with Crippen LogP contribution in [-0.4, -0.2) is 28.6 Å². The number of benzene rings is 3. The van der Waals surface area contributed by atoms with Gasteiger partial charge in [-0.1, -0.05) is 58.7 Å². The Kier molecular flexibility index (Phi) is 10.2. The number of halogens is 4. The van der Waals surface area contributed by atoms with Crippen LogP contribution in [0, 0.1) is 6.92 Å². The van der Waals surface area contributed by atoms with Crippen molar-refractivity contribution in [2.24, 2.45) is 4.99 Å². The van der Waals surface area contributed by atoms with Crippen LogP contribution < -0.4 is 4.74 Å². The van der Waals surface area contributed by atoms with Gasteiger partial charge in [-0.25, -0.2) is 9.79 Å². The van der Waals surface area contributed by atoms with Crippen molar-refractivity contribution >= 4 is 89.8 Å². The molecule has 3 aromatic carbocycles. The first kappa shape index (κ1) is 30.4. The molecule has 0 aliphatic carbocycles. The Morgan fingerprint density at radius 1 is 1.05 bits per heavy atom. The van der Waals surface area contributed by atoms with Gasteiger partial charge in [-0.2, -0.15) is 0 Å². The number of rotatable bonds is 7. The second-order valence-electron chi connectivity index (χ2n) is 8.48. The molecule has 4 rings (SSSR count). The van der Waals surface area contributed by atoms with Crippen molar-refractivity contribution in [2.45, 2.75) is 20.5 Å². The number of aryl methyl sites for hydroxylation is 1. The van der Waals surface area contributed by atoms with E-state index in [0.29, 0.717) is 40.8 Å². The van der Waals surface area contributed by atoms with Crippen molar-refractivity contribution in [3.63, 3.8) is 0 Å². The third kappa shape index (κ3) is 7.19. The monoisotopic (exact) mass is 723 g/mol. The molecule has 0 aromatic heterocycles. The number of aliphatic imine (C=N–C) groups is 1. The highest BCUT2D eigenvalue weighted by Crippen LogP contribution is 2.41. The molecule has 0 atom stereocenters. The highest BCUT2D eigenvalue weighted by atomic mass is 79.9. The number of thioether (sulfide) groups is 1. The Balaban J connectivity index is 1.62. The number of carbonyl (C=O) groups is 2. The molecule has 1 N–H and O–H groups in total. The summed E-state index contributed by atoms with van der Waals surface area (Å²) in [5.41, 5.74) is 2.65. The molecular weight excluding hydrogens is 705 g/mol. The number of hydrogen-bond acceptors (Lipinski definition) is 6. The van der Waals surface area contributed by atoms with Crippen molar-refractivity contribution in [1.82, 2.24) is 0 Å². The molecule has 3 aromatic rings. The Morgan fingerprint density at radius 3 is 2.35 bits per heavy atom. The zero-order valence-electron chi connectivity index (χ0n) is 21.1. The molecule has 40 heavy (non-hydrogen) atoms. The minimum absolute atomic E-state index is 0.0608. The molecule has 0 saturated heterocycles. The summed E-state index contributed by atoms with van der Waals surface area (Å²) in [5.74, 6) is -1.07. The summed E-state index contributed by atoms with van der Waals surface area (Å²) in [4.78, 5) is 30.0. The Labute approximate surface area is 262 Å². The van der Waals surface area contributed by atoms with Crippen molar-refractivity contribution < 1.29 is 24.2 Å². The number of ether oxygens (including phenoxy) is 2. The number of aliphatic hydroxyl groups excluding tert-OH is 1. The number of esters is 1. The van der Waals surface area contributed by atoms with Crippen molar-refractivity contribution in [2.75, 3.05) is 6.61 Å². The lowest BCUT2D eigenvalue weighted by Crippen LogP contribution is -2.14. The predicted octanol–water partition coefficient (Wildman–Crippen LogP) is 9.11. The van der Waals surface area contributed by atoms with Crippen LogP contribution >= 0.6 is 66.8 Å². The number of aliphatic hydroxyl groups is 1. The molecule has 1 aliphatic rings. The number of nitrogens with zero attached hydrogens (tertiary/aromatic N) is 1. The average molecular weight is 726 g/mol. The van der Waals surface area contributed by atoms with E-state index in [1.807, 2.05) is 6.92 Å². The van der Waals surface area contributed by atoms with E-state index in [2.05, 4.69) is 36.9 Å². The van der Waals surface area contributed by atoms with Gasteiger partial charge < -0.3 is 14.6 Å². The van der Waals surface area contributed by atoms with Gasteiger partial charge in [-0.05, 0) is 93.7 Å². The first-order valence-corrected chi connectivity index (χ1v) is 15.0. The SMILES string of the molecule is CCOC(=O)C1=C(O)/C(=C/c2cc(Br)c(OCc3ccc(Cl)cc3Cl)c(Br)c2)SC1=NC(=O)c1ccc(C)cc1. The quantitative estimate of drug-likeness (QED) is 0.245. The molecule has 0 bridgehead atoms. The summed E-state index contributed by atoms with van der Waals surface area (Å²) in [6.07, 6.45) is 1.67. The topological polar surface area (TPSA) is 85.2 Å². The molecule has 1 heterocycles. The van der Waals surface area contributed by atoms with Crippen molar-refractivity contribution in [3.8, 4) is 5.75 Å².